The topological polar surface area (TPSA) is 71.4 Å². The molecule has 128 valence electrons. The minimum Gasteiger partial charge on any atom is -0.334 e. The van der Waals surface area contributed by atoms with E-state index >= 15 is 0 Å². The molecule has 0 atom stereocenters. The van der Waals surface area contributed by atoms with Crippen molar-refractivity contribution in [3.05, 3.63) is 35.7 Å². The maximum absolute atomic E-state index is 6.26. The Bertz CT molecular complexity index is 684. The quantitative estimate of drug-likeness (QED) is 0.923. The molecule has 1 saturated heterocycles. The van der Waals surface area contributed by atoms with Gasteiger partial charge in [-0.1, -0.05) is 17.3 Å². The summed E-state index contributed by atoms with van der Waals surface area (Å²) in [6.07, 6.45) is 3.02. The lowest BCUT2D eigenvalue weighted by atomic mass is 9.77. The minimum absolute atomic E-state index is 0.372. The van der Waals surface area contributed by atoms with Crippen molar-refractivity contribution in [3.8, 4) is 11.5 Å². The van der Waals surface area contributed by atoms with Crippen LogP contribution in [0.1, 0.15) is 30.7 Å². The molecule has 1 aromatic carbocycles. The molecule has 0 radical (unpaired) electrons. The van der Waals surface area contributed by atoms with Crippen LogP contribution in [0.25, 0.3) is 11.5 Å². The Labute approximate surface area is 142 Å². The van der Waals surface area contributed by atoms with Gasteiger partial charge in [-0.25, -0.2) is 0 Å². The van der Waals surface area contributed by atoms with E-state index in [0.717, 1.165) is 57.5 Å². The van der Waals surface area contributed by atoms with Gasteiger partial charge in [-0.2, -0.15) is 4.98 Å². The lowest BCUT2D eigenvalue weighted by Crippen LogP contribution is -2.44. The molecule has 6 nitrogen and oxygen atoms in total. The average Bonchev–Trinajstić information content (AvgIpc) is 3.06. The van der Waals surface area contributed by atoms with E-state index in [1.165, 1.54) is 5.56 Å². The fourth-order valence-corrected chi connectivity index (χ4v) is 3.34. The van der Waals surface area contributed by atoms with E-state index in [9.17, 15) is 0 Å². The van der Waals surface area contributed by atoms with Gasteiger partial charge in [0.1, 0.15) is 0 Å². The Hall–Kier alpha value is -1.76. The second kappa shape index (κ2) is 6.27. The van der Waals surface area contributed by atoms with Crippen LogP contribution < -0.4 is 5.73 Å². The van der Waals surface area contributed by atoms with Crippen molar-refractivity contribution in [2.75, 3.05) is 33.2 Å². The van der Waals surface area contributed by atoms with Crippen LogP contribution in [0.5, 0.6) is 0 Å². The summed E-state index contributed by atoms with van der Waals surface area (Å²) in [5.41, 5.74) is 8.16. The molecule has 0 bridgehead atoms. The number of aromatic nitrogens is 2. The number of likely N-dealkylation sites (N-methyl/N-ethyl adjacent to an activating group) is 1. The van der Waals surface area contributed by atoms with Crippen LogP contribution in [0, 0.1) is 0 Å². The van der Waals surface area contributed by atoms with Crippen LogP contribution in [-0.4, -0.2) is 53.2 Å². The van der Waals surface area contributed by atoms with E-state index in [0.29, 0.717) is 11.7 Å². The number of benzene rings is 1. The van der Waals surface area contributed by atoms with Crippen LogP contribution in [0.4, 0.5) is 0 Å². The van der Waals surface area contributed by atoms with Crippen LogP contribution in [0.2, 0.25) is 0 Å². The molecule has 2 N–H and O–H groups in total. The molecule has 1 saturated carbocycles. The van der Waals surface area contributed by atoms with E-state index in [1.807, 2.05) is 0 Å². The van der Waals surface area contributed by atoms with Gasteiger partial charge in [0.05, 0.1) is 5.54 Å². The minimum atomic E-state index is -0.372. The lowest BCUT2D eigenvalue weighted by Gasteiger charge is -2.34. The molecule has 6 heteroatoms. The van der Waals surface area contributed by atoms with Crippen LogP contribution >= 0.6 is 0 Å². The van der Waals surface area contributed by atoms with E-state index < -0.39 is 0 Å². The third-order valence-corrected chi connectivity index (χ3v) is 5.32. The van der Waals surface area contributed by atoms with E-state index in [4.69, 9.17) is 10.3 Å². The van der Waals surface area contributed by atoms with Crippen molar-refractivity contribution in [1.29, 1.82) is 0 Å². The SMILES string of the molecule is CN1CCN(Cc2ccc(-c3nc(C4(N)CCC4)no3)cc2)CC1. The van der Waals surface area contributed by atoms with Crippen LogP contribution in [-0.2, 0) is 12.1 Å². The maximum atomic E-state index is 6.26. The van der Waals surface area contributed by atoms with Crippen molar-refractivity contribution in [3.63, 3.8) is 0 Å². The summed E-state index contributed by atoms with van der Waals surface area (Å²) in [4.78, 5) is 9.38. The fraction of sp³-hybridized carbons (Fsp3) is 0.556. The summed E-state index contributed by atoms with van der Waals surface area (Å²) in [6, 6.07) is 8.43. The average molecular weight is 327 g/mol. The highest BCUT2D eigenvalue weighted by Gasteiger charge is 2.39. The number of piperazine rings is 1. The first kappa shape index (κ1) is 15.7. The first-order valence-electron chi connectivity index (χ1n) is 8.76. The van der Waals surface area contributed by atoms with Gasteiger partial charge in [-0.15, -0.1) is 0 Å². The number of hydrogen-bond acceptors (Lipinski definition) is 6. The van der Waals surface area contributed by atoms with Crippen molar-refractivity contribution >= 4 is 0 Å². The highest BCUT2D eigenvalue weighted by atomic mass is 16.5. The Morgan fingerprint density at radius 3 is 2.46 bits per heavy atom. The van der Waals surface area contributed by atoms with Gasteiger partial charge in [0.2, 0.25) is 0 Å². The van der Waals surface area contributed by atoms with Gasteiger partial charge in [0, 0.05) is 38.3 Å². The molecule has 2 fully saturated rings. The molecule has 1 aliphatic heterocycles. The molecule has 2 aliphatic rings. The highest BCUT2D eigenvalue weighted by Crippen LogP contribution is 2.37. The standard InChI is InChI=1S/C18H25N5O/c1-22-9-11-23(12-10-22)13-14-3-5-15(6-4-14)16-20-17(21-24-16)18(19)7-2-8-18/h3-6H,2,7-13,19H2,1H3. The van der Waals surface area contributed by atoms with Crippen molar-refractivity contribution in [2.24, 2.45) is 5.73 Å². The number of nitrogens with two attached hydrogens (primary N) is 1. The number of nitrogens with zero attached hydrogens (tertiary/aromatic N) is 4. The lowest BCUT2D eigenvalue weighted by molar-refractivity contribution is 0.148. The third kappa shape index (κ3) is 3.09. The zero-order chi connectivity index (χ0) is 16.6. The smallest absolute Gasteiger partial charge is 0.257 e. The van der Waals surface area contributed by atoms with Gasteiger partial charge < -0.3 is 15.2 Å². The molecule has 4 rings (SSSR count). The second-order valence-electron chi connectivity index (χ2n) is 7.21. The second-order valence-corrected chi connectivity index (χ2v) is 7.21. The Balaban J connectivity index is 1.42. The van der Waals surface area contributed by atoms with Crippen molar-refractivity contribution in [1.82, 2.24) is 19.9 Å². The Morgan fingerprint density at radius 2 is 1.83 bits per heavy atom. The third-order valence-electron chi connectivity index (χ3n) is 5.32. The van der Waals surface area contributed by atoms with Gasteiger partial charge in [0.25, 0.3) is 5.89 Å². The van der Waals surface area contributed by atoms with E-state index in [2.05, 4.69) is 51.3 Å². The molecule has 2 heterocycles. The zero-order valence-electron chi connectivity index (χ0n) is 14.2. The molecular weight excluding hydrogens is 302 g/mol. The monoisotopic (exact) mass is 327 g/mol. The van der Waals surface area contributed by atoms with Gasteiger partial charge in [0.15, 0.2) is 5.82 Å². The summed E-state index contributed by atoms with van der Waals surface area (Å²) >= 11 is 0. The predicted octanol–water partition coefficient (Wildman–Crippen LogP) is 1.82. The van der Waals surface area contributed by atoms with Crippen molar-refractivity contribution in [2.45, 2.75) is 31.3 Å². The molecular formula is C18H25N5O. The summed E-state index contributed by atoms with van der Waals surface area (Å²) in [6.45, 7) is 5.54. The Kier molecular flexibility index (Phi) is 4.12. The normalized spacial score (nSPS) is 21.6. The van der Waals surface area contributed by atoms with Crippen LogP contribution in [0.15, 0.2) is 28.8 Å². The first-order valence-corrected chi connectivity index (χ1v) is 8.76. The molecule has 0 spiro atoms. The number of hydrogen-bond donors (Lipinski definition) is 1. The van der Waals surface area contributed by atoms with Crippen molar-refractivity contribution < 1.29 is 4.52 Å². The zero-order valence-corrected chi connectivity index (χ0v) is 14.2. The summed E-state index contributed by atoms with van der Waals surface area (Å²) in [5.74, 6) is 1.21. The largest absolute Gasteiger partial charge is 0.334 e. The predicted molar refractivity (Wildman–Crippen MR) is 92.2 cm³/mol. The first-order chi connectivity index (χ1) is 11.6. The molecule has 0 amide bonds. The molecule has 1 aliphatic carbocycles. The van der Waals surface area contributed by atoms with Crippen LogP contribution in [0.3, 0.4) is 0 Å². The van der Waals surface area contributed by atoms with E-state index in [-0.39, 0.29) is 5.54 Å². The summed E-state index contributed by atoms with van der Waals surface area (Å²) < 4.78 is 5.42. The summed E-state index contributed by atoms with van der Waals surface area (Å²) in [7, 11) is 2.18. The van der Waals surface area contributed by atoms with Gasteiger partial charge in [-0.3, -0.25) is 4.90 Å². The highest BCUT2D eigenvalue weighted by molar-refractivity contribution is 5.53. The molecule has 24 heavy (non-hydrogen) atoms. The van der Waals surface area contributed by atoms with Gasteiger partial charge >= 0.3 is 0 Å². The maximum Gasteiger partial charge on any atom is 0.257 e. The van der Waals surface area contributed by atoms with E-state index in [1.54, 1.807) is 0 Å². The van der Waals surface area contributed by atoms with Gasteiger partial charge in [-0.05, 0) is 44.0 Å². The summed E-state index contributed by atoms with van der Waals surface area (Å²) in [5, 5.41) is 4.09. The molecule has 0 unspecified atom stereocenters. The Morgan fingerprint density at radius 1 is 1.12 bits per heavy atom. The fourth-order valence-electron chi connectivity index (χ4n) is 3.34. The molecule has 2 aromatic rings. The molecule has 1 aromatic heterocycles. The number of rotatable bonds is 4.